The summed E-state index contributed by atoms with van der Waals surface area (Å²) in [5.41, 5.74) is 0.507. The number of ether oxygens (including phenoxy) is 1. The second kappa shape index (κ2) is 6.72. The van der Waals surface area contributed by atoms with Gasteiger partial charge < -0.3 is 20.3 Å². The average Bonchev–Trinajstić information content (AvgIpc) is 2.35. The zero-order valence-electron chi connectivity index (χ0n) is 10.2. The molecule has 0 aromatic heterocycles. The van der Waals surface area contributed by atoms with Gasteiger partial charge in [-0.3, -0.25) is 4.79 Å². The summed E-state index contributed by atoms with van der Waals surface area (Å²) in [6.45, 7) is 1.33. The van der Waals surface area contributed by atoms with Crippen LogP contribution in [0.3, 0.4) is 0 Å². The summed E-state index contributed by atoms with van der Waals surface area (Å²) in [6, 6.07) is 5.09. The van der Waals surface area contributed by atoms with Gasteiger partial charge >= 0.3 is 0 Å². The SMILES string of the molecule is COc1ccc(Br)c(C(O)C(O)CNC(C)=O)c1. The zero-order chi connectivity index (χ0) is 13.7. The number of amides is 1. The molecule has 0 aliphatic heterocycles. The number of methoxy groups -OCH3 is 1. The maximum atomic E-state index is 10.7. The predicted molar refractivity (Wildman–Crippen MR) is 70.3 cm³/mol. The fourth-order valence-corrected chi connectivity index (χ4v) is 1.92. The van der Waals surface area contributed by atoms with Crippen LogP contribution in [0.4, 0.5) is 0 Å². The smallest absolute Gasteiger partial charge is 0.216 e. The maximum Gasteiger partial charge on any atom is 0.216 e. The highest BCUT2D eigenvalue weighted by Crippen LogP contribution is 2.29. The molecule has 5 nitrogen and oxygen atoms in total. The summed E-state index contributed by atoms with van der Waals surface area (Å²) in [4.78, 5) is 10.7. The van der Waals surface area contributed by atoms with Crippen molar-refractivity contribution in [3.05, 3.63) is 28.2 Å². The van der Waals surface area contributed by atoms with Crippen molar-refractivity contribution in [2.24, 2.45) is 0 Å². The lowest BCUT2D eigenvalue weighted by molar-refractivity contribution is -0.119. The van der Waals surface area contributed by atoms with Crippen molar-refractivity contribution in [1.29, 1.82) is 0 Å². The molecule has 3 N–H and O–H groups in total. The molecule has 0 radical (unpaired) electrons. The van der Waals surface area contributed by atoms with Gasteiger partial charge in [0.1, 0.15) is 18.0 Å². The van der Waals surface area contributed by atoms with Gasteiger partial charge in [0.15, 0.2) is 0 Å². The van der Waals surface area contributed by atoms with Crippen molar-refractivity contribution < 1.29 is 19.7 Å². The van der Waals surface area contributed by atoms with Gasteiger partial charge in [0, 0.05) is 23.5 Å². The molecule has 1 aromatic rings. The van der Waals surface area contributed by atoms with E-state index in [0.29, 0.717) is 15.8 Å². The fourth-order valence-electron chi connectivity index (χ4n) is 1.44. The quantitative estimate of drug-likeness (QED) is 0.756. The number of aliphatic hydroxyl groups is 2. The predicted octanol–water partition coefficient (Wildman–Crippen LogP) is 0.988. The molecule has 0 heterocycles. The summed E-state index contributed by atoms with van der Waals surface area (Å²) in [5, 5.41) is 22.2. The summed E-state index contributed by atoms with van der Waals surface area (Å²) < 4.78 is 5.72. The Balaban J connectivity index is 2.81. The number of aliphatic hydroxyl groups excluding tert-OH is 2. The van der Waals surface area contributed by atoms with Gasteiger partial charge in [0.05, 0.1) is 7.11 Å². The Labute approximate surface area is 114 Å². The largest absolute Gasteiger partial charge is 0.497 e. The molecular formula is C12H16BrNO4. The lowest BCUT2D eigenvalue weighted by atomic mass is 10.0. The topological polar surface area (TPSA) is 78.8 Å². The summed E-state index contributed by atoms with van der Waals surface area (Å²) in [5.74, 6) is 0.324. The summed E-state index contributed by atoms with van der Waals surface area (Å²) in [6.07, 6.45) is -2.20. The summed E-state index contributed by atoms with van der Waals surface area (Å²) in [7, 11) is 1.52. The van der Waals surface area contributed by atoms with E-state index >= 15 is 0 Å². The van der Waals surface area contributed by atoms with E-state index in [1.807, 2.05) is 0 Å². The number of benzene rings is 1. The Kier molecular flexibility index (Phi) is 5.58. The molecule has 6 heteroatoms. The van der Waals surface area contributed by atoms with Crippen LogP contribution in [-0.4, -0.2) is 35.9 Å². The normalized spacial score (nSPS) is 13.8. The van der Waals surface area contributed by atoms with E-state index in [-0.39, 0.29) is 12.5 Å². The van der Waals surface area contributed by atoms with E-state index in [4.69, 9.17) is 4.74 Å². The van der Waals surface area contributed by atoms with Crippen LogP contribution >= 0.6 is 15.9 Å². The average molecular weight is 318 g/mol. The van der Waals surface area contributed by atoms with Crippen molar-refractivity contribution in [2.75, 3.05) is 13.7 Å². The number of nitrogens with one attached hydrogen (secondary N) is 1. The van der Waals surface area contributed by atoms with Crippen LogP contribution in [0.15, 0.2) is 22.7 Å². The molecule has 100 valence electrons. The Hall–Kier alpha value is -1.11. The van der Waals surface area contributed by atoms with E-state index < -0.39 is 12.2 Å². The highest BCUT2D eigenvalue weighted by atomic mass is 79.9. The lowest BCUT2D eigenvalue weighted by Gasteiger charge is -2.20. The number of halogens is 1. The fraction of sp³-hybridized carbons (Fsp3) is 0.417. The van der Waals surface area contributed by atoms with E-state index in [0.717, 1.165) is 0 Å². The second-order valence-corrected chi connectivity index (χ2v) is 4.69. The Morgan fingerprint density at radius 3 is 2.72 bits per heavy atom. The van der Waals surface area contributed by atoms with Gasteiger partial charge in [-0.05, 0) is 18.2 Å². The highest BCUT2D eigenvalue weighted by molar-refractivity contribution is 9.10. The van der Waals surface area contributed by atoms with Crippen LogP contribution in [0.2, 0.25) is 0 Å². The van der Waals surface area contributed by atoms with E-state index in [1.54, 1.807) is 18.2 Å². The minimum atomic E-state index is -1.11. The molecule has 0 spiro atoms. The van der Waals surface area contributed by atoms with Crippen LogP contribution < -0.4 is 10.1 Å². The minimum Gasteiger partial charge on any atom is -0.497 e. The molecule has 2 unspecified atom stereocenters. The van der Waals surface area contributed by atoms with E-state index in [9.17, 15) is 15.0 Å². The number of hydrogen-bond acceptors (Lipinski definition) is 4. The number of carbonyl (C=O) groups excluding carboxylic acids is 1. The first-order valence-corrected chi connectivity index (χ1v) is 6.19. The van der Waals surface area contributed by atoms with Gasteiger partial charge in [-0.25, -0.2) is 0 Å². The molecule has 1 amide bonds. The van der Waals surface area contributed by atoms with Gasteiger partial charge in [-0.2, -0.15) is 0 Å². The van der Waals surface area contributed by atoms with Gasteiger partial charge in [-0.1, -0.05) is 15.9 Å². The molecule has 1 aromatic carbocycles. The van der Waals surface area contributed by atoms with Crippen LogP contribution in [0.25, 0.3) is 0 Å². The van der Waals surface area contributed by atoms with Crippen molar-refractivity contribution in [3.63, 3.8) is 0 Å². The number of carbonyl (C=O) groups is 1. The third-order valence-corrected chi connectivity index (χ3v) is 3.17. The van der Waals surface area contributed by atoms with Gasteiger partial charge in [0.25, 0.3) is 0 Å². The van der Waals surface area contributed by atoms with Crippen LogP contribution in [-0.2, 0) is 4.79 Å². The third kappa shape index (κ3) is 3.97. The third-order valence-electron chi connectivity index (χ3n) is 2.45. The molecule has 0 aliphatic carbocycles. The number of hydrogen-bond donors (Lipinski definition) is 3. The van der Waals surface area contributed by atoms with Crippen molar-refractivity contribution >= 4 is 21.8 Å². The first-order valence-electron chi connectivity index (χ1n) is 5.39. The second-order valence-electron chi connectivity index (χ2n) is 3.84. The minimum absolute atomic E-state index is 0.0137. The van der Waals surface area contributed by atoms with Gasteiger partial charge in [0.2, 0.25) is 5.91 Å². The van der Waals surface area contributed by atoms with Crippen LogP contribution in [0, 0.1) is 0 Å². The molecule has 0 aliphatic rings. The molecule has 1 rings (SSSR count). The first kappa shape index (κ1) is 14.9. The zero-order valence-corrected chi connectivity index (χ0v) is 11.8. The highest BCUT2D eigenvalue weighted by Gasteiger charge is 2.21. The van der Waals surface area contributed by atoms with E-state index in [1.165, 1.54) is 14.0 Å². The lowest BCUT2D eigenvalue weighted by Crippen LogP contribution is -2.34. The van der Waals surface area contributed by atoms with Crippen LogP contribution in [0.5, 0.6) is 5.75 Å². The molecule has 18 heavy (non-hydrogen) atoms. The first-order chi connectivity index (χ1) is 8.45. The maximum absolute atomic E-state index is 10.7. The standard InChI is InChI=1S/C12H16BrNO4/c1-7(15)14-6-11(16)12(17)9-5-8(18-2)3-4-10(9)13/h3-5,11-12,16-17H,6H2,1-2H3,(H,14,15). The van der Waals surface area contributed by atoms with E-state index in [2.05, 4.69) is 21.2 Å². The van der Waals surface area contributed by atoms with Crippen molar-refractivity contribution in [1.82, 2.24) is 5.32 Å². The Morgan fingerprint density at radius 2 is 2.17 bits per heavy atom. The number of rotatable bonds is 5. The molecule has 0 saturated heterocycles. The Bertz CT molecular complexity index is 425. The molecule has 2 atom stereocenters. The Morgan fingerprint density at radius 1 is 1.50 bits per heavy atom. The van der Waals surface area contributed by atoms with Crippen LogP contribution in [0.1, 0.15) is 18.6 Å². The molecule has 0 fully saturated rings. The van der Waals surface area contributed by atoms with Gasteiger partial charge in [-0.15, -0.1) is 0 Å². The van der Waals surface area contributed by atoms with Crippen molar-refractivity contribution in [3.8, 4) is 5.75 Å². The molecule has 0 bridgehead atoms. The summed E-state index contributed by atoms with van der Waals surface area (Å²) >= 11 is 3.29. The van der Waals surface area contributed by atoms with Crippen molar-refractivity contribution in [2.45, 2.75) is 19.1 Å². The molecular weight excluding hydrogens is 302 g/mol. The molecule has 0 saturated carbocycles. The monoisotopic (exact) mass is 317 g/mol.